The van der Waals surface area contributed by atoms with Gasteiger partial charge in [0.1, 0.15) is 6.04 Å². The first kappa shape index (κ1) is 14.8. The van der Waals surface area contributed by atoms with Gasteiger partial charge in [0.2, 0.25) is 0 Å². The summed E-state index contributed by atoms with van der Waals surface area (Å²) in [5.74, 6) is -0.724. The molecular weight excluding hydrogens is 242 g/mol. The molecule has 0 aromatic carbocycles. The second kappa shape index (κ2) is 7.22. The fourth-order valence-electron chi connectivity index (χ4n) is 3.19. The largest absolute Gasteiger partial charge is 0.480 e. The Hall–Kier alpha value is -0.650. The zero-order valence-electron chi connectivity index (χ0n) is 12.0. The molecule has 0 aromatic rings. The van der Waals surface area contributed by atoms with Crippen molar-refractivity contribution in [1.29, 1.82) is 0 Å². The Balaban J connectivity index is 1.77. The van der Waals surface area contributed by atoms with Gasteiger partial charge in [-0.1, -0.05) is 6.92 Å². The van der Waals surface area contributed by atoms with Crippen LogP contribution in [-0.2, 0) is 4.79 Å². The molecule has 0 radical (unpaired) electrons. The van der Waals surface area contributed by atoms with E-state index in [2.05, 4.69) is 22.0 Å². The summed E-state index contributed by atoms with van der Waals surface area (Å²) in [7, 11) is 0. The Morgan fingerprint density at radius 3 is 2.74 bits per heavy atom. The van der Waals surface area contributed by atoms with Gasteiger partial charge in [0.05, 0.1) is 0 Å². The Morgan fingerprint density at radius 1 is 1.37 bits per heavy atom. The fraction of sp³-hybridized carbons (Fsp3) is 0.929. The van der Waals surface area contributed by atoms with Crippen LogP contribution in [0.15, 0.2) is 0 Å². The molecule has 2 unspecified atom stereocenters. The highest BCUT2D eigenvalue weighted by molar-refractivity contribution is 5.73. The van der Waals surface area contributed by atoms with E-state index in [-0.39, 0.29) is 0 Å². The summed E-state index contributed by atoms with van der Waals surface area (Å²) in [5, 5.41) is 12.4. The van der Waals surface area contributed by atoms with Crippen molar-refractivity contribution in [3.05, 3.63) is 0 Å². The molecule has 2 fully saturated rings. The first-order chi connectivity index (χ1) is 9.20. The maximum Gasteiger partial charge on any atom is 0.322 e. The van der Waals surface area contributed by atoms with E-state index in [4.69, 9.17) is 0 Å². The third kappa shape index (κ3) is 4.16. The summed E-state index contributed by atoms with van der Waals surface area (Å²) >= 11 is 0. The number of carboxylic acids is 1. The Bertz CT molecular complexity index is 292. The molecule has 5 heteroatoms. The number of nitrogens with one attached hydrogen (secondary N) is 1. The van der Waals surface area contributed by atoms with Crippen LogP contribution in [0.4, 0.5) is 0 Å². The predicted molar refractivity (Wildman–Crippen MR) is 75.4 cm³/mol. The molecule has 2 aliphatic rings. The summed E-state index contributed by atoms with van der Waals surface area (Å²) < 4.78 is 0. The minimum absolute atomic E-state index is 0.419. The zero-order chi connectivity index (χ0) is 13.7. The quantitative estimate of drug-likeness (QED) is 0.709. The van der Waals surface area contributed by atoms with Crippen LogP contribution in [-0.4, -0.2) is 72.2 Å². The first-order valence-electron chi connectivity index (χ1n) is 7.63. The standard InChI is InChI=1S/C14H27N3O2/c1-2-6-15-13(14(18)19)11-16-9-5-12(10-16)17-7-3-4-8-17/h12-13,15H,2-11H2,1H3,(H,18,19). The summed E-state index contributed by atoms with van der Waals surface area (Å²) in [6.45, 7) is 8.02. The number of aliphatic carboxylic acids is 1. The van der Waals surface area contributed by atoms with Crippen molar-refractivity contribution >= 4 is 5.97 Å². The predicted octanol–water partition coefficient (Wildman–Crippen LogP) is 0.609. The molecule has 2 heterocycles. The highest BCUT2D eigenvalue weighted by Gasteiger charge is 2.31. The Labute approximate surface area is 115 Å². The maximum atomic E-state index is 11.2. The second-order valence-corrected chi connectivity index (χ2v) is 5.79. The van der Waals surface area contributed by atoms with Crippen molar-refractivity contribution in [2.75, 3.05) is 39.3 Å². The van der Waals surface area contributed by atoms with E-state index in [1.54, 1.807) is 0 Å². The Morgan fingerprint density at radius 2 is 2.11 bits per heavy atom. The number of likely N-dealkylation sites (tertiary alicyclic amines) is 2. The highest BCUT2D eigenvalue weighted by Crippen LogP contribution is 2.20. The summed E-state index contributed by atoms with van der Waals surface area (Å²) in [6.07, 6.45) is 4.82. The highest BCUT2D eigenvalue weighted by atomic mass is 16.4. The lowest BCUT2D eigenvalue weighted by atomic mass is 10.2. The molecule has 0 aliphatic carbocycles. The van der Waals surface area contributed by atoms with Gasteiger partial charge in [0.25, 0.3) is 0 Å². The van der Waals surface area contributed by atoms with Crippen molar-refractivity contribution < 1.29 is 9.90 Å². The molecule has 2 saturated heterocycles. The molecule has 5 nitrogen and oxygen atoms in total. The molecule has 2 rings (SSSR count). The maximum absolute atomic E-state index is 11.2. The molecule has 2 N–H and O–H groups in total. The fourth-order valence-corrected chi connectivity index (χ4v) is 3.19. The molecule has 0 saturated carbocycles. The number of carbonyl (C=O) groups is 1. The lowest BCUT2D eigenvalue weighted by Gasteiger charge is -2.25. The van der Waals surface area contributed by atoms with Crippen LogP contribution in [0.2, 0.25) is 0 Å². The molecule has 19 heavy (non-hydrogen) atoms. The van der Waals surface area contributed by atoms with Crippen LogP contribution in [0.3, 0.4) is 0 Å². The van der Waals surface area contributed by atoms with Crippen molar-refractivity contribution in [3.63, 3.8) is 0 Å². The molecule has 0 aromatic heterocycles. The monoisotopic (exact) mass is 269 g/mol. The van der Waals surface area contributed by atoms with Gasteiger partial charge in [-0.2, -0.15) is 0 Å². The number of nitrogens with zero attached hydrogens (tertiary/aromatic N) is 2. The lowest BCUT2D eigenvalue weighted by Crippen LogP contribution is -2.46. The van der Waals surface area contributed by atoms with Gasteiger partial charge in [-0.15, -0.1) is 0 Å². The van der Waals surface area contributed by atoms with Crippen molar-refractivity contribution in [1.82, 2.24) is 15.1 Å². The van der Waals surface area contributed by atoms with E-state index in [0.717, 1.165) is 26.1 Å². The van der Waals surface area contributed by atoms with Crippen molar-refractivity contribution in [3.8, 4) is 0 Å². The molecule has 0 amide bonds. The molecule has 0 spiro atoms. The van der Waals surface area contributed by atoms with Gasteiger partial charge in [-0.25, -0.2) is 0 Å². The molecular formula is C14H27N3O2. The number of hydrogen-bond acceptors (Lipinski definition) is 4. The van der Waals surface area contributed by atoms with Gasteiger partial charge < -0.3 is 10.4 Å². The third-order valence-corrected chi connectivity index (χ3v) is 4.28. The normalized spacial score (nSPS) is 26.9. The molecule has 110 valence electrons. The molecule has 0 bridgehead atoms. The number of hydrogen-bond donors (Lipinski definition) is 2. The summed E-state index contributed by atoms with van der Waals surface area (Å²) in [4.78, 5) is 16.1. The van der Waals surface area contributed by atoms with E-state index in [0.29, 0.717) is 12.6 Å². The smallest absolute Gasteiger partial charge is 0.322 e. The van der Waals surface area contributed by atoms with E-state index in [9.17, 15) is 9.90 Å². The van der Waals surface area contributed by atoms with Gasteiger partial charge >= 0.3 is 5.97 Å². The molecule has 2 atom stereocenters. The van der Waals surface area contributed by atoms with Crippen LogP contribution in [0.25, 0.3) is 0 Å². The summed E-state index contributed by atoms with van der Waals surface area (Å²) in [5.41, 5.74) is 0. The van der Waals surface area contributed by atoms with Gasteiger partial charge in [-0.3, -0.25) is 14.6 Å². The van der Waals surface area contributed by atoms with E-state index >= 15 is 0 Å². The Kier molecular flexibility index (Phi) is 5.60. The van der Waals surface area contributed by atoms with E-state index in [1.165, 1.54) is 32.4 Å². The van der Waals surface area contributed by atoms with E-state index in [1.807, 2.05) is 0 Å². The van der Waals surface area contributed by atoms with Gasteiger partial charge in [-0.05, 0) is 51.9 Å². The number of carboxylic acid groups (broad SMARTS) is 1. The zero-order valence-corrected chi connectivity index (χ0v) is 12.0. The number of rotatable bonds is 7. The lowest BCUT2D eigenvalue weighted by molar-refractivity contribution is -0.139. The van der Waals surface area contributed by atoms with Crippen molar-refractivity contribution in [2.24, 2.45) is 0 Å². The van der Waals surface area contributed by atoms with Crippen LogP contribution in [0, 0.1) is 0 Å². The van der Waals surface area contributed by atoms with Gasteiger partial charge in [0, 0.05) is 19.1 Å². The van der Waals surface area contributed by atoms with Crippen LogP contribution >= 0.6 is 0 Å². The van der Waals surface area contributed by atoms with Crippen LogP contribution in [0.5, 0.6) is 0 Å². The second-order valence-electron chi connectivity index (χ2n) is 5.79. The SMILES string of the molecule is CCCNC(CN1CCC(N2CCCC2)C1)C(=O)O. The summed E-state index contributed by atoms with van der Waals surface area (Å²) in [6, 6.07) is 0.236. The van der Waals surface area contributed by atoms with Crippen molar-refractivity contribution in [2.45, 2.75) is 44.7 Å². The minimum Gasteiger partial charge on any atom is -0.480 e. The van der Waals surface area contributed by atoms with Crippen LogP contribution < -0.4 is 5.32 Å². The van der Waals surface area contributed by atoms with Crippen LogP contribution in [0.1, 0.15) is 32.6 Å². The average Bonchev–Trinajstić information content (AvgIpc) is 3.04. The molecule has 2 aliphatic heterocycles. The minimum atomic E-state index is -0.724. The third-order valence-electron chi connectivity index (χ3n) is 4.28. The topological polar surface area (TPSA) is 55.8 Å². The first-order valence-corrected chi connectivity index (χ1v) is 7.63. The average molecular weight is 269 g/mol. The van der Waals surface area contributed by atoms with E-state index < -0.39 is 12.0 Å². The van der Waals surface area contributed by atoms with Gasteiger partial charge in [0.15, 0.2) is 0 Å².